The predicted molar refractivity (Wildman–Crippen MR) is 92.9 cm³/mol. The number of hydrogen-bond donors (Lipinski definition) is 3. The Hall–Kier alpha value is -2.37. The number of amides is 2. The molecular formula is C18H19ClN2O3. The van der Waals surface area contributed by atoms with Gasteiger partial charge in [-0.15, -0.1) is 0 Å². The summed E-state index contributed by atoms with van der Waals surface area (Å²) >= 11 is 6.06. The number of nitrogens with one attached hydrogen (secondary N) is 2. The van der Waals surface area contributed by atoms with Gasteiger partial charge >= 0.3 is 0 Å². The van der Waals surface area contributed by atoms with Crippen LogP contribution in [0.4, 0.5) is 0 Å². The summed E-state index contributed by atoms with van der Waals surface area (Å²) in [7, 11) is 0. The fraction of sp³-hybridized carbons (Fsp3) is 0.222. The van der Waals surface area contributed by atoms with Gasteiger partial charge < -0.3 is 15.7 Å². The van der Waals surface area contributed by atoms with Gasteiger partial charge in [0.1, 0.15) is 6.04 Å². The molecule has 6 heteroatoms. The van der Waals surface area contributed by atoms with Gasteiger partial charge in [-0.25, -0.2) is 0 Å². The van der Waals surface area contributed by atoms with Crippen LogP contribution in [-0.4, -0.2) is 36.1 Å². The van der Waals surface area contributed by atoms with Crippen LogP contribution in [0.15, 0.2) is 54.6 Å². The maximum Gasteiger partial charge on any atom is 0.251 e. The number of hydrogen-bond acceptors (Lipinski definition) is 3. The van der Waals surface area contributed by atoms with Crippen molar-refractivity contribution in [2.45, 2.75) is 12.5 Å². The number of carbonyl (C=O) groups is 2. The number of carbonyl (C=O) groups excluding carboxylic acids is 2. The molecule has 0 bridgehead atoms. The van der Waals surface area contributed by atoms with E-state index in [4.69, 9.17) is 11.6 Å². The third-order valence-corrected chi connectivity index (χ3v) is 3.86. The van der Waals surface area contributed by atoms with Crippen LogP contribution < -0.4 is 10.6 Å². The zero-order valence-electron chi connectivity index (χ0n) is 13.0. The number of aliphatic hydroxyl groups is 1. The molecule has 3 N–H and O–H groups in total. The van der Waals surface area contributed by atoms with Crippen molar-refractivity contribution in [2.24, 2.45) is 0 Å². The van der Waals surface area contributed by atoms with Crippen LogP contribution in [0.2, 0.25) is 5.02 Å². The maximum atomic E-state index is 12.1. The highest BCUT2D eigenvalue weighted by atomic mass is 35.5. The molecule has 1 atom stereocenters. The fourth-order valence-electron chi connectivity index (χ4n) is 2.17. The van der Waals surface area contributed by atoms with Crippen LogP contribution >= 0.6 is 11.6 Å². The zero-order valence-corrected chi connectivity index (χ0v) is 13.8. The number of aliphatic hydroxyl groups excluding tert-OH is 1. The summed E-state index contributed by atoms with van der Waals surface area (Å²) in [6.45, 7) is -0.114. The first-order chi connectivity index (χ1) is 11.6. The molecule has 5 nitrogen and oxygen atoms in total. The molecule has 0 radical (unpaired) electrons. The molecule has 0 spiro atoms. The van der Waals surface area contributed by atoms with Gasteiger partial charge in [0.05, 0.1) is 6.61 Å². The van der Waals surface area contributed by atoms with Crippen molar-refractivity contribution in [3.05, 3.63) is 70.7 Å². The van der Waals surface area contributed by atoms with Gasteiger partial charge in [-0.1, -0.05) is 48.0 Å². The van der Waals surface area contributed by atoms with Crippen LogP contribution in [0.25, 0.3) is 0 Å². The van der Waals surface area contributed by atoms with Crippen LogP contribution in [-0.2, 0) is 11.2 Å². The molecule has 0 aromatic heterocycles. The topological polar surface area (TPSA) is 78.4 Å². The Balaban J connectivity index is 1.85. The van der Waals surface area contributed by atoms with E-state index in [2.05, 4.69) is 10.6 Å². The first kappa shape index (κ1) is 18.0. The largest absolute Gasteiger partial charge is 0.394 e. The van der Waals surface area contributed by atoms with E-state index in [-0.39, 0.29) is 0 Å². The molecule has 0 fully saturated rings. The Morgan fingerprint density at radius 3 is 2.38 bits per heavy atom. The quantitative estimate of drug-likeness (QED) is 0.715. The molecule has 2 amide bonds. The third kappa shape index (κ3) is 5.08. The van der Waals surface area contributed by atoms with E-state index in [1.165, 1.54) is 0 Å². The lowest BCUT2D eigenvalue weighted by molar-refractivity contribution is -0.123. The van der Waals surface area contributed by atoms with E-state index in [1.54, 1.807) is 36.4 Å². The molecule has 2 rings (SSSR count). The van der Waals surface area contributed by atoms with Gasteiger partial charge in [0.15, 0.2) is 0 Å². The lowest BCUT2D eigenvalue weighted by Gasteiger charge is -2.16. The molecule has 0 saturated carbocycles. The molecule has 0 unspecified atom stereocenters. The second-order valence-corrected chi connectivity index (χ2v) is 5.61. The highest BCUT2D eigenvalue weighted by Crippen LogP contribution is 2.14. The van der Waals surface area contributed by atoms with Crippen molar-refractivity contribution in [1.82, 2.24) is 10.6 Å². The van der Waals surface area contributed by atoms with E-state index < -0.39 is 24.5 Å². The van der Waals surface area contributed by atoms with Gasteiger partial charge in [0, 0.05) is 17.1 Å². The highest BCUT2D eigenvalue weighted by molar-refractivity contribution is 6.31. The van der Waals surface area contributed by atoms with E-state index in [1.807, 2.05) is 18.2 Å². The van der Waals surface area contributed by atoms with Gasteiger partial charge in [-0.3, -0.25) is 9.59 Å². The normalized spacial score (nSPS) is 11.6. The number of halogens is 1. The minimum atomic E-state index is -0.996. The summed E-state index contributed by atoms with van der Waals surface area (Å²) in [5.41, 5.74) is 1.35. The van der Waals surface area contributed by atoms with Crippen molar-refractivity contribution >= 4 is 23.4 Å². The molecule has 0 saturated heterocycles. The second-order valence-electron chi connectivity index (χ2n) is 5.21. The monoisotopic (exact) mass is 346 g/mol. The molecule has 2 aromatic carbocycles. The third-order valence-electron chi connectivity index (χ3n) is 3.49. The minimum absolute atomic E-state index is 0.361. The first-order valence-corrected chi connectivity index (χ1v) is 7.97. The van der Waals surface area contributed by atoms with Crippen LogP contribution in [0.3, 0.4) is 0 Å². The Bertz CT molecular complexity index is 692. The molecule has 126 valence electrons. The predicted octanol–water partition coefficient (Wildman–Crippen LogP) is 1.79. The average Bonchev–Trinajstić information content (AvgIpc) is 2.61. The second kappa shape index (κ2) is 9.05. The smallest absolute Gasteiger partial charge is 0.251 e. The van der Waals surface area contributed by atoms with E-state index in [0.29, 0.717) is 23.6 Å². The Morgan fingerprint density at radius 1 is 1.04 bits per heavy atom. The van der Waals surface area contributed by atoms with Crippen LogP contribution in [0, 0.1) is 0 Å². The van der Waals surface area contributed by atoms with Gasteiger partial charge in [0.2, 0.25) is 5.91 Å². The van der Waals surface area contributed by atoms with Crippen molar-refractivity contribution < 1.29 is 14.7 Å². The molecule has 0 aliphatic carbocycles. The summed E-state index contributed by atoms with van der Waals surface area (Å²) in [5, 5.41) is 15.2. The van der Waals surface area contributed by atoms with E-state index >= 15 is 0 Å². The Morgan fingerprint density at radius 2 is 1.71 bits per heavy atom. The summed E-state index contributed by atoms with van der Waals surface area (Å²) in [5.74, 6) is -0.843. The van der Waals surface area contributed by atoms with Gasteiger partial charge in [-0.05, 0) is 30.2 Å². The zero-order chi connectivity index (χ0) is 17.4. The van der Waals surface area contributed by atoms with Gasteiger partial charge in [-0.2, -0.15) is 0 Å². The Labute approximate surface area is 145 Å². The summed E-state index contributed by atoms with van der Waals surface area (Å²) in [6, 6.07) is 14.9. The first-order valence-electron chi connectivity index (χ1n) is 7.59. The highest BCUT2D eigenvalue weighted by Gasteiger charge is 2.20. The summed E-state index contributed by atoms with van der Waals surface area (Å²) in [4.78, 5) is 24.1. The van der Waals surface area contributed by atoms with E-state index in [9.17, 15) is 14.7 Å². The Kier molecular flexibility index (Phi) is 6.78. The average molecular weight is 347 g/mol. The molecule has 0 heterocycles. The van der Waals surface area contributed by atoms with Crippen LogP contribution in [0.5, 0.6) is 0 Å². The summed E-state index contributed by atoms with van der Waals surface area (Å²) < 4.78 is 0. The number of benzene rings is 2. The lowest BCUT2D eigenvalue weighted by atomic mass is 10.1. The van der Waals surface area contributed by atoms with Crippen molar-refractivity contribution in [3.8, 4) is 0 Å². The number of rotatable bonds is 7. The summed E-state index contributed by atoms with van der Waals surface area (Å²) in [6.07, 6.45) is 0.566. The molecule has 0 aliphatic rings. The molecule has 2 aromatic rings. The van der Waals surface area contributed by atoms with Crippen molar-refractivity contribution in [3.63, 3.8) is 0 Å². The van der Waals surface area contributed by atoms with Gasteiger partial charge in [0.25, 0.3) is 5.91 Å². The lowest BCUT2D eigenvalue weighted by Crippen LogP contribution is -2.49. The van der Waals surface area contributed by atoms with E-state index in [0.717, 1.165) is 5.56 Å². The minimum Gasteiger partial charge on any atom is -0.394 e. The molecule has 24 heavy (non-hydrogen) atoms. The molecular weight excluding hydrogens is 328 g/mol. The standard InChI is InChI=1S/C18H19ClN2O3/c19-15-9-5-4-6-13(15)10-11-20-18(24)16(12-22)21-17(23)14-7-2-1-3-8-14/h1-9,16,22H,10-12H2,(H,20,24)(H,21,23)/t16-/m0/s1. The van der Waals surface area contributed by atoms with Crippen LogP contribution in [0.1, 0.15) is 15.9 Å². The fourth-order valence-corrected chi connectivity index (χ4v) is 2.40. The maximum absolute atomic E-state index is 12.1. The van der Waals surface area contributed by atoms with Crippen molar-refractivity contribution in [1.29, 1.82) is 0 Å². The van der Waals surface area contributed by atoms with Crippen molar-refractivity contribution in [2.75, 3.05) is 13.2 Å². The molecule has 0 aliphatic heterocycles. The SMILES string of the molecule is O=C(N[C@@H](CO)C(=O)NCCc1ccccc1Cl)c1ccccc1.